The Balaban J connectivity index is 2.92. The summed E-state index contributed by atoms with van der Waals surface area (Å²) in [6.45, 7) is 2.35. The van der Waals surface area contributed by atoms with Crippen LogP contribution in [-0.4, -0.2) is 23.5 Å². The second kappa shape index (κ2) is 2.43. The molecule has 5 heteroatoms. The van der Waals surface area contributed by atoms with E-state index in [1.54, 1.807) is 0 Å². The molecule has 0 bridgehead atoms. The Morgan fingerprint density at radius 1 is 1.55 bits per heavy atom. The van der Waals surface area contributed by atoms with Gasteiger partial charge < -0.3 is 22.1 Å². The molecule has 6 N–H and O–H groups in total. The Morgan fingerprint density at radius 2 is 2.09 bits per heavy atom. The zero-order valence-electron chi connectivity index (χ0n) is 6.37. The molecule has 0 aromatic rings. The highest BCUT2D eigenvalue weighted by molar-refractivity contribution is 5.96. The third-order valence-corrected chi connectivity index (χ3v) is 1.80. The fourth-order valence-corrected chi connectivity index (χ4v) is 1.07. The molecule has 0 spiro atoms. The highest BCUT2D eigenvalue weighted by Crippen LogP contribution is 2.14. The summed E-state index contributed by atoms with van der Waals surface area (Å²) in [6.07, 6.45) is -0.535. The largest absolute Gasteiger partial charge is 0.397 e. The van der Waals surface area contributed by atoms with Crippen molar-refractivity contribution in [3.8, 4) is 0 Å². The standard InChI is InChI=1S/C6H12N4O/c1-2-10-5(9)3(7)4(8)6(10)11/h5H,2,7-9H2,1H3. The topological polar surface area (TPSA) is 98.4 Å². The third-order valence-electron chi connectivity index (χ3n) is 1.80. The molecular formula is C6H12N4O. The number of carbonyl (C=O) groups is 1. The van der Waals surface area contributed by atoms with E-state index in [0.29, 0.717) is 6.54 Å². The lowest BCUT2D eigenvalue weighted by molar-refractivity contribution is -0.126. The summed E-state index contributed by atoms with van der Waals surface area (Å²) < 4.78 is 0. The number of nitrogens with two attached hydrogens (primary N) is 3. The van der Waals surface area contributed by atoms with Gasteiger partial charge in [-0.3, -0.25) is 4.79 Å². The van der Waals surface area contributed by atoms with Gasteiger partial charge >= 0.3 is 0 Å². The van der Waals surface area contributed by atoms with Crippen molar-refractivity contribution in [3.05, 3.63) is 11.4 Å². The second-order valence-corrected chi connectivity index (χ2v) is 2.41. The van der Waals surface area contributed by atoms with E-state index < -0.39 is 6.17 Å². The minimum Gasteiger partial charge on any atom is -0.397 e. The fourth-order valence-electron chi connectivity index (χ4n) is 1.07. The second-order valence-electron chi connectivity index (χ2n) is 2.41. The summed E-state index contributed by atoms with van der Waals surface area (Å²) in [6, 6.07) is 0. The predicted octanol–water partition coefficient (Wildman–Crippen LogP) is -1.74. The van der Waals surface area contributed by atoms with Crippen molar-refractivity contribution in [2.24, 2.45) is 17.2 Å². The average molecular weight is 156 g/mol. The normalized spacial score (nSPS) is 25.1. The van der Waals surface area contributed by atoms with Gasteiger partial charge in [-0.05, 0) is 6.92 Å². The van der Waals surface area contributed by atoms with Crippen molar-refractivity contribution >= 4 is 5.91 Å². The molecule has 0 aliphatic carbocycles. The van der Waals surface area contributed by atoms with Gasteiger partial charge in [-0.2, -0.15) is 0 Å². The van der Waals surface area contributed by atoms with Crippen LogP contribution in [0.2, 0.25) is 0 Å². The first kappa shape index (κ1) is 7.87. The predicted molar refractivity (Wildman–Crippen MR) is 40.8 cm³/mol. The van der Waals surface area contributed by atoms with E-state index >= 15 is 0 Å². The van der Waals surface area contributed by atoms with Crippen molar-refractivity contribution in [1.82, 2.24) is 4.90 Å². The zero-order chi connectivity index (χ0) is 8.59. The minimum atomic E-state index is -0.535. The lowest BCUT2D eigenvalue weighted by Crippen LogP contribution is -2.43. The minimum absolute atomic E-state index is 0.0827. The van der Waals surface area contributed by atoms with E-state index in [1.165, 1.54) is 4.90 Å². The van der Waals surface area contributed by atoms with Crippen molar-refractivity contribution in [2.45, 2.75) is 13.1 Å². The Labute approximate surface area is 64.8 Å². The van der Waals surface area contributed by atoms with Crippen LogP contribution in [0.15, 0.2) is 11.4 Å². The van der Waals surface area contributed by atoms with E-state index in [0.717, 1.165) is 0 Å². The molecule has 1 heterocycles. The van der Waals surface area contributed by atoms with Crippen LogP contribution in [0.3, 0.4) is 0 Å². The molecule has 62 valence electrons. The Morgan fingerprint density at radius 3 is 2.27 bits per heavy atom. The van der Waals surface area contributed by atoms with Crippen LogP contribution in [0.1, 0.15) is 6.92 Å². The molecule has 1 amide bonds. The molecule has 0 aromatic heterocycles. The molecule has 1 aliphatic rings. The molecule has 0 saturated heterocycles. The number of amides is 1. The molecule has 1 unspecified atom stereocenters. The number of carbonyl (C=O) groups excluding carboxylic acids is 1. The fraction of sp³-hybridized carbons (Fsp3) is 0.500. The Bertz CT molecular complexity index is 223. The van der Waals surface area contributed by atoms with Gasteiger partial charge in [0.05, 0.1) is 5.70 Å². The van der Waals surface area contributed by atoms with Gasteiger partial charge in [0, 0.05) is 6.54 Å². The van der Waals surface area contributed by atoms with Gasteiger partial charge in [-0.25, -0.2) is 0 Å². The molecule has 0 fully saturated rings. The number of nitrogens with zero attached hydrogens (tertiary/aromatic N) is 1. The van der Waals surface area contributed by atoms with Crippen molar-refractivity contribution in [1.29, 1.82) is 0 Å². The molecule has 0 radical (unpaired) electrons. The first-order chi connectivity index (χ1) is 5.09. The van der Waals surface area contributed by atoms with Crippen LogP contribution in [-0.2, 0) is 4.79 Å². The van der Waals surface area contributed by atoms with E-state index in [9.17, 15) is 4.79 Å². The van der Waals surface area contributed by atoms with Crippen LogP contribution < -0.4 is 17.2 Å². The van der Waals surface area contributed by atoms with Crippen LogP contribution >= 0.6 is 0 Å². The molecule has 5 nitrogen and oxygen atoms in total. The van der Waals surface area contributed by atoms with Crippen molar-refractivity contribution in [3.63, 3.8) is 0 Å². The number of hydrogen-bond donors (Lipinski definition) is 3. The molecule has 1 aliphatic heterocycles. The maximum Gasteiger partial charge on any atom is 0.273 e. The molecule has 0 saturated carbocycles. The third kappa shape index (κ3) is 0.932. The number of rotatable bonds is 1. The van der Waals surface area contributed by atoms with Crippen LogP contribution in [0.25, 0.3) is 0 Å². The zero-order valence-corrected chi connectivity index (χ0v) is 6.37. The van der Waals surface area contributed by atoms with Gasteiger partial charge in [-0.1, -0.05) is 0 Å². The maximum absolute atomic E-state index is 11.1. The maximum atomic E-state index is 11.1. The van der Waals surface area contributed by atoms with Crippen LogP contribution in [0.4, 0.5) is 0 Å². The molecular weight excluding hydrogens is 144 g/mol. The van der Waals surface area contributed by atoms with Crippen LogP contribution in [0.5, 0.6) is 0 Å². The van der Waals surface area contributed by atoms with Gasteiger partial charge in [-0.15, -0.1) is 0 Å². The van der Waals surface area contributed by atoms with Crippen LogP contribution in [0, 0.1) is 0 Å². The molecule has 11 heavy (non-hydrogen) atoms. The summed E-state index contributed by atoms with van der Waals surface area (Å²) >= 11 is 0. The quantitative estimate of drug-likeness (QED) is 0.420. The summed E-state index contributed by atoms with van der Waals surface area (Å²) in [4.78, 5) is 12.6. The monoisotopic (exact) mass is 156 g/mol. The Kier molecular flexibility index (Phi) is 1.74. The van der Waals surface area contributed by atoms with Gasteiger partial charge in [0.15, 0.2) is 0 Å². The van der Waals surface area contributed by atoms with Crippen molar-refractivity contribution in [2.75, 3.05) is 6.54 Å². The van der Waals surface area contributed by atoms with E-state index in [2.05, 4.69) is 0 Å². The first-order valence-corrected chi connectivity index (χ1v) is 3.41. The lowest BCUT2D eigenvalue weighted by atomic mass is 10.3. The number of hydrogen-bond acceptors (Lipinski definition) is 4. The number of likely N-dealkylation sites (N-methyl/N-ethyl adjacent to an activating group) is 1. The summed E-state index contributed by atoms with van der Waals surface area (Å²) in [5.41, 5.74) is 16.7. The first-order valence-electron chi connectivity index (χ1n) is 3.41. The lowest BCUT2D eigenvalue weighted by Gasteiger charge is -2.19. The SMILES string of the molecule is CCN1C(=O)C(N)=C(N)C1N. The summed E-state index contributed by atoms with van der Waals surface area (Å²) in [5, 5.41) is 0. The Hall–Kier alpha value is -1.23. The van der Waals surface area contributed by atoms with E-state index in [4.69, 9.17) is 17.2 Å². The van der Waals surface area contributed by atoms with Gasteiger partial charge in [0.25, 0.3) is 5.91 Å². The van der Waals surface area contributed by atoms with Gasteiger partial charge in [0.2, 0.25) is 0 Å². The summed E-state index contributed by atoms with van der Waals surface area (Å²) in [7, 11) is 0. The summed E-state index contributed by atoms with van der Waals surface area (Å²) in [5.74, 6) is -0.266. The molecule has 0 aromatic carbocycles. The van der Waals surface area contributed by atoms with Crippen molar-refractivity contribution < 1.29 is 4.79 Å². The van der Waals surface area contributed by atoms with Gasteiger partial charge in [0.1, 0.15) is 11.9 Å². The van der Waals surface area contributed by atoms with E-state index in [1.807, 2.05) is 6.92 Å². The highest BCUT2D eigenvalue weighted by Gasteiger charge is 2.32. The van der Waals surface area contributed by atoms with E-state index in [-0.39, 0.29) is 17.3 Å². The smallest absolute Gasteiger partial charge is 0.273 e. The highest BCUT2D eigenvalue weighted by atomic mass is 16.2. The molecule has 1 rings (SSSR count). The molecule has 1 atom stereocenters. The average Bonchev–Trinajstić information content (AvgIpc) is 2.17.